The van der Waals surface area contributed by atoms with E-state index in [4.69, 9.17) is 4.74 Å². The summed E-state index contributed by atoms with van der Waals surface area (Å²) in [6.45, 7) is 4.47. The average molecular weight is 407 g/mol. The number of carbonyl (C=O) groups is 2. The number of anilines is 1. The molecule has 0 spiro atoms. The SMILES string of the molecule is CCCOc1cc(C)ccc1NC(=O)C1=NN([C@@H]2CCS(=O)(=O)C2)C(=O)CC1. The number of nitrogens with zero attached hydrogens (tertiary/aromatic N) is 2. The van der Waals surface area contributed by atoms with E-state index in [2.05, 4.69) is 10.4 Å². The van der Waals surface area contributed by atoms with Gasteiger partial charge in [-0.15, -0.1) is 0 Å². The van der Waals surface area contributed by atoms with Gasteiger partial charge in [-0.25, -0.2) is 13.4 Å². The normalized spacial score (nSPS) is 21.4. The van der Waals surface area contributed by atoms with Gasteiger partial charge in [-0.05, 0) is 37.5 Å². The third-order valence-corrected chi connectivity index (χ3v) is 6.47. The first-order chi connectivity index (χ1) is 13.3. The molecule has 2 heterocycles. The molecular weight excluding hydrogens is 382 g/mol. The Hall–Kier alpha value is -2.42. The van der Waals surface area contributed by atoms with Crippen LogP contribution in [0.3, 0.4) is 0 Å². The molecule has 1 aromatic carbocycles. The minimum absolute atomic E-state index is 0.0417. The molecule has 3 rings (SSSR count). The van der Waals surface area contributed by atoms with E-state index in [1.807, 2.05) is 26.0 Å². The third-order valence-electron chi connectivity index (χ3n) is 4.72. The zero-order valence-electron chi connectivity index (χ0n) is 16.1. The van der Waals surface area contributed by atoms with Gasteiger partial charge in [0.15, 0.2) is 9.84 Å². The molecule has 152 valence electrons. The zero-order chi connectivity index (χ0) is 20.3. The molecule has 2 aliphatic rings. The number of hydrogen-bond donors (Lipinski definition) is 1. The second kappa shape index (κ2) is 8.30. The quantitative estimate of drug-likeness (QED) is 0.775. The highest BCUT2D eigenvalue weighted by Crippen LogP contribution is 2.27. The maximum absolute atomic E-state index is 12.7. The largest absolute Gasteiger partial charge is 0.491 e. The van der Waals surface area contributed by atoms with Gasteiger partial charge < -0.3 is 10.1 Å². The molecule has 2 amide bonds. The molecular formula is C19H25N3O5S. The molecule has 1 aromatic rings. The molecule has 2 aliphatic heterocycles. The van der Waals surface area contributed by atoms with Crippen LogP contribution >= 0.6 is 0 Å². The second-order valence-corrected chi connectivity index (χ2v) is 9.37. The lowest BCUT2D eigenvalue weighted by Gasteiger charge is -2.27. The van der Waals surface area contributed by atoms with Crippen LogP contribution in [-0.2, 0) is 19.4 Å². The van der Waals surface area contributed by atoms with Crippen molar-refractivity contribution in [2.45, 2.75) is 45.6 Å². The molecule has 1 fully saturated rings. The van der Waals surface area contributed by atoms with E-state index < -0.39 is 21.8 Å². The summed E-state index contributed by atoms with van der Waals surface area (Å²) >= 11 is 0. The molecule has 0 radical (unpaired) electrons. The highest BCUT2D eigenvalue weighted by molar-refractivity contribution is 7.91. The van der Waals surface area contributed by atoms with Crippen molar-refractivity contribution in [2.75, 3.05) is 23.4 Å². The number of rotatable bonds is 6. The topological polar surface area (TPSA) is 105 Å². The van der Waals surface area contributed by atoms with Gasteiger partial charge in [0, 0.05) is 12.8 Å². The van der Waals surface area contributed by atoms with E-state index in [0.29, 0.717) is 24.5 Å². The molecule has 0 unspecified atom stereocenters. The monoisotopic (exact) mass is 407 g/mol. The highest BCUT2D eigenvalue weighted by Gasteiger charge is 2.37. The number of amides is 2. The number of hydrazone groups is 1. The number of aryl methyl sites for hydroxylation is 1. The summed E-state index contributed by atoms with van der Waals surface area (Å²) in [7, 11) is -3.15. The Morgan fingerprint density at radius 3 is 2.82 bits per heavy atom. The molecule has 1 atom stereocenters. The van der Waals surface area contributed by atoms with Gasteiger partial charge in [0.2, 0.25) is 5.91 Å². The van der Waals surface area contributed by atoms with E-state index in [-0.39, 0.29) is 36.0 Å². The Morgan fingerprint density at radius 2 is 2.14 bits per heavy atom. The number of hydrogen-bond acceptors (Lipinski definition) is 6. The minimum Gasteiger partial charge on any atom is -0.491 e. The standard InChI is InChI=1S/C19H25N3O5S/c1-3-9-27-17-11-13(2)4-5-15(17)20-19(24)16-6-7-18(23)22(21-16)14-8-10-28(25,26)12-14/h4-5,11,14H,3,6-10,12H2,1-2H3,(H,20,24)/t14-/m1/s1. The first-order valence-corrected chi connectivity index (χ1v) is 11.3. The van der Waals surface area contributed by atoms with E-state index in [1.54, 1.807) is 6.07 Å². The lowest BCUT2D eigenvalue weighted by Crippen LogP contribution is -2.42. The van der Waals surface area contributed by atoms with E-state index in [0.717, 1.165) is 12.0 Å². The maximum atomic E-state index is 12.7. The number of benzene rings is 1. The summed E-state index contributed by atoms with van der Waals surface area (Å²) in [6.07, 6.45) is 1.54. The molecule has 8 nitrogen and oxygen atoms in total. The molecule has 1 N–H and O–H groups in total. The number of nitrogens with one attached hydrogen (secondary N) is 1. The van der Waals surface area contributed by atoms with E-state index in [9.17, 15) is 18.0 Å². The molecule has 28 heavy (non-hydrogen) atoms. The van der Waals surface area contributed by atoms with Gasteiger partial charge in [0.1, 0.15) is 11.5 Å². The predicted molar refractivity (Wildman–Crippen MR) is 106 cm³/mol. The minimum atomic E-state index is -3.15. The number of carbonyl (C=O) groups excluding carboxylic acids is 2. The fraction of sp³-hybridized carbons (Fsp3) is 0.526. The lowest BCUT2D eigenvalue weighted by atomic mass is 10.1. The first-order valence-electron chi connectivity index (χ1n) is 9.44. The van der Waals surface area contributed by atoms with Crippen LogP contribution in [0.15, 0.2) is 23.3 Å². The Morgan fingerprint density at radius 1 is 1.36 bits per heavy atom. The molecule has 0 bridgehead atoms. The van der Waals surface area contributed by atoms with Gasteiger partial charge in [0.25, 0.3) is 5.91 Å². The number of sulfone groups is 1. The van der Waals surface area contributed by atoms with Crippen LogP contribution in [-0.4, -0.2) is 55.1 Å². The van der Waals surface area contributed by atoms with E-state index in [1.165, 1.54) is 5.01 Å². The first kappa shape index (κ1) is 20.3. The summed E-state index contributed by atoms with van der Waals surface area (Å²) in [6, 6.07) is 5.00. The number of ether oxygens (including phenoxy) is 1. The highest BCUT2D eigenvalue weighted by atomic mass is 32.2. The molecule has 9 heteroatoms. The molecule has 1 saturated heterocycles. The van der Waals surface area contributed by atoms with Crippen LogP contribution in [0.5, 0.6) is 5.75 Å². The Balaban J connectivity index is 1.77. The molecule has 0 aromatic heterocycles. The van der Waals surface area contributed by atoms with Gasteiger partial charge in [-0.2, -0.15) is 5.10 Å². The van der Waals surface area contributed by atoms with Gasteiger partial charge >= 0.3 is 0 Å². The Labute approximate surface area is 164 Å². The summed E-state index contributed by atoms with van der Waals surface area (Å²) in [5, 5.41) is 8.19. The summed E-state index contributed by atoms with van der Waals surface area (Å²) < 4.78 is 29.1. The van der Waals surface area contributed by atoms with Crippen molar-refractivity contribution >= 4 is 33.1 Å². The fourth-order valence-corrected chi connectivity index (χ4v) is 4.94. The van der Waals surface area contributed by atoms with Crippen LogP contribution in [0.25, 0.3) is 0 Å². The summed E-state index contributed by atoms with van der Waals surface area (Å²) in [5.41, 5.74) is 1.77. The Bertz CT molecular complexity index is 910. The smallest absolute Gasteiger partial charge is 0.271 e. The van der Waals surface area contributed by atoms with Crippen molar-refractivity contribution in [1.29, 1.82) is 0 Å². The van der Waals surface area contributed by atoms with Crippen molar-refractivity contribution < 1.29 is 22.7 Å². The van der Waals surface area contributed by atoms with Crippen LogP contribution in [0, 0.1) is 6.92 Å². The fourth-order valence-electron chi connectivity index (χ4n) is 3.25. The molecule has 0 saturated carbocycles. The van der Waals surface area contributed by atoms with Crippen LogP contribution in [0.2, 0.25) is 0 Å². The van der Waals surface area contributed by atoms with Crippen molar-refractivity contribution in [1.82, 2.24) is 5.01 Å². The molecule has 0 aliphatic carbocycles. The average Bonchev–Trinajstić information content (AvgIpc) is 3.01. The second-order valence-electron chi connectivity index (χ2n) is 7.14. The lowest BCUT2D eigenvalue weighted by molar-refractivity contribution is -0.133. The van der Waals surface area contributed by atoms with Crippen molar-refractivity contribution in [3.8, 4) is 5.75 Å². The van der Waals surface area contributed by atoms with Gasteiger partial charge in [0.05, 0.1) is 29.8 Å². The predicted octanol–water partition coefficient (Wildman–Crippen LogP) is 1.89. The summed E-state index contributed by atoms with van der Waals surface area (Å²) in [4.78, 5) is 24.9. The van der Waals surface area contributed by atoms with Crippen LogP contribution in [0.4, 0.5) is 5.69 Å². The van der Waals surface area contributed by atoms with Crippen LogP contribution < -0.4 is 10.1 Å². The summed E-state index contributed by atoms with van der Waals surface area (Å²) in [5.74, 6) is -0.143. The van der Waals surface area contributed by atoms with Gasteiger partial charge in [-0.3, -0.25) is 9.59 Å². The van der Waals surface area contributed by atoms with E-state index >= 15 is 0 Å². The third kappa shape index (κ3) is 4.70. The zero-order valence-corrected chi connectivity index (χ0v) is 16.9. The van der Waals surface area contributed by atoms with Crippen molar-refractivity contribution in [3.05, 3.63) is 23.8 Å². The van der Waals surface area contributed by atoms with Crippen molar-refractivity contribution in [2.24, 2.45) is 5.10 Å². The van der Waals surface area contributed by atoms with Crippen LogP contribution in [0.1, 0.15) is 38.2 Å². The Kier molecular flexibility index (Phi) is 6.02. The van der Waals surface area contributed by atoms with Crippen molar-refractivity contribution in [3.63, 3.8) is 0 Å². The van der Waals surface area contributed by atoms with Gasteiger partial charge in [-0.1, -0.05) is 13.0 Å². The maximum Gasteiger partial charge on any atom is 0.271 e.